The lowest BCUT2D eigenvalue weighted by molar-refractivity contribution is -0.384. The maximum atomic E-state index is 11.3. The van der Waals surface area contributed by atoms with Gasteiger partial charge in [0.2, 0.25) is 10.0 Å². The van der Waals surface area contributed by atoms with Gasteiger partial charge in [-0.1, -0.05) is 28.1 Å². The van der Waals surface area contributed by atoms with Crippen LogP contribution in [0.2, 0.25) is 0 Å². The van der Waals surface area contributed by atoms with Crippen LogP contribution in [0.3, 0.4) is 0 Å². The first-order chi connectivity index (χ1) is 11.2. The first-order valence-electron chi connectivity index (χ1n) is 6.56. The number of nitrogens with two attached hydrogens (primary N) is 1. The number of nitro groups is 1. The number of nitro benzene ring substituents is 1. The zero-order valence-corrected chi connectivity index (χ0v) is 14.8. The fourth-order valence-electron chi connectivity index (χ4n) is 1.86. The molecule has 0 aromatic heterocycles. The largest absolute Gasteiger partial charge is 0.295 e. The Labute approximate surface area is 146 Å². The van der Waals surface area contributed by atoms with E-state index in [2.05, 4.69) is 26.5 Å². The minimum absolute atomic E-state index is 0.0572. The van der Waals surface area contributed by atoms with E-state index >= 15 is 0 Å². The van der Waals surface area contributed by atoms with Gasteiger partial charge in [0.1, 0.15) is 5.69 Å². The van der Waals surface area contributed by atoms with Crippen LogP contribution in [-0.4, -0.2) is 19.1 Å². The normalized spacial score (nSPS) is 12.0. The summed E-state index contributed by atoms with van der Waals surface area (Å²) in [5.41, 5.74) is 3.62. The summed E-state index contributed by atoms with van der Waals surface area (Å²) >= 11 is 3.35. The highest BCUT2D eigenvalue weighted by atomic mass is 79.9. The molecule has 0 saturated heterocycles. The fraction of sp³-hybridized carbons (Fsp3) is 0.0714. The van der Waals surface area contributed by atoms with Gasteiger partial charge in [-0.05, 0) is 36.8 Å². The van der Waals surface area contributed by atoms with Crippen LogP contribution < -0.4 is 10.6 Å². The van der Waals surface area contributed by atoms with E-state index in [1.807, 2.05) is 24.3 Å². The molecule has 0 atom stereocenters. The number of rotatable bonds is 5. The molecule has 0 saturated carbocycles. The van der Waals surface area contributed by atoms with Crippen molar-refractivity contribution < 1.29 is 13.3 Å². The van der Waals surface area contributed by atoms with Crippen LogP contribution in [0.4, 0.5) is 11.4 Å². The quantitative estimate of drug-likeness (QED) is 0.443. The summed E-state index contributed by atoms with van der Waals surface area (Å²) in [6.07, 6.45) is 0. The van der Waals surface area contributed by atoms with E-state index in [9.17, 15) is 18.5 Å². The molecule has 3 N–H and O–H groups in total. The first kappa shape index (κ1) is 18.0. The Morgan fingerprint density at radius 2 is 2.00 bits per heavy atom. The van der Waals surface area contributed by atoms with Gasteiger partial charge in [-0.2, -0.15) is 5.10 Å². The molecule has 2 aromatic carbocycles. The molecule has 0 unspecified atom stereocenters. The minimum Gasteiger partial charge on any atom is -0.271 e. The molecule has 0 bridgehead atoms. The van der Waals surface area contributed by atoms with E-state index in [1.165, 1.54) is 12.1 Å². The number of primary sulfonamides is 1. The molecule has 0 aliphatic carbocycles. The predicted molar refractivity (Wildman–Crippen MR) is 94.4 cm³/mol. The van der Waals surface area contributed by atoms with Crippen LogP contribution >= 0.6 is 15.9 Å². The van der Waals surface area contributed by atoms with Crippen LogP contribution in [0.25, 0.3) is 0 Å². The molecule has 0 spiro atoms. The second kappa shape index (κ2) is 7.07. The van der Waals surface area contributed by atoms with Gasteiger partial charge < -0.3 is 0 Å². The van der Waals surface area contributed by atoms with Crippen molar-refractivity contribution in [3.05, 3.63) is 62.6 Å². The molecule has 0 aliphatic heterocycles. The number of nitrogens with one attached hydrogen (secondary N) is 1. The van der Waals surface area contributed by atoms with Gasteiger partial charge in [0.15, 0.2) is 0 Å². The summed E-state index contributed by atoms with van der Waals surface area (Å²) < 4.78 is 23.5. The second-order valence-corrected chi connectivity index (χ2v) is 7.28. The van der Waals surface area contributed by atoms with E-state index in [0.29, 0.717) is 5.71 Å². The Hall–Kier alpha value is -2.30. The standard InChI is InChI=1S/C14H13BrN4O4S/c1-9(10-3-2-4-11(15)7-10)17-18-13-6-5-12(24(16,22)23)8-14(13)19(20)21/h2-8,18H,1H3,(H2,16,22,23)/b17-9-. The van der Waals surface area contributed by atoms with Crippen LogP contribution in [0.15, 0.2) is 56.9 Å². The molecule has 24 heavy (non-hydrogen) atoms. The van der Waals surface area contributed by atoms with Gasteiger partial charge in [0.05, 0.1) is 15.5 Å². The van der Waals surface area contributed by atoms with Crippen molar-refractivity contribution in [2.75, 3.05) is 5.43 Å². The van der Waals surface area contributed by atoms with Gasteiger partial charge in [0, 0.05) is 10.5 Å². The van der Waals surface area contributed by atoms with Crippen LogP contribution in [0.5, 0.6) is 0 Å². The lowest BCUT2D eigenvalue weighted by Gasteiger charge is -2.06. The summed E-state index contributed by atoms with van der Waals surface area (Å²) in [5, 5.41) is 20.2. The third kappa shape index (κ3) is 4.37. The van der Waals surface area contributed by atoms with Crippen LogP contribution in [-0.2, 0) is 10.0 Å². The van der Waals surface area contributed by atoms with E-state index < -0.39 is 20.6 Å². The Morgan fingerprint density at radius 1 is 1.29 bits per heavy atom. The Morgan fingerprint density at radius 3 is 2.58 bits per heavy atom. The van der Waals surface area contributed by atoms with Gasteiger partial charge in [-0.3, -0.25) is 15.5 Å². The highest BCUT2D eigenvalue weighted by Gasteiger charge is 2.19. The van der Waals surface area contributed by atoms with Crippen molar-refractivity contribution in [1.82, 2.24) is 0 Å². The number of benzene rings is 2. The molecule has 0 aliphatic rings. The number of anilines is 1. The van der Waals surface area contributed by atoms with Crippen molar-refractivity contribution in [3.8, 4) is 0 Å². The predicted octanol–water partition coefficient (Wildman–Crippen LogP) is 2.84. The van der Waals surface area contributed by atoms with Gasteiger partial charge in [-0.25, -0.2) is 13.6 Å². The minimum atomic E-state index is -4.03. The highest BCUT2D eigenvalue weighted by Crippen LogP contribution is 2.27. The van der Waals surface area contributed by atoms with Gasteiger partial charge >= 0.3 is 0 Å². The molecule has 2 rings (SSSR count). The van der Waals surface area contributed by atoms with Crippen molar-refractivity contribution >= 4 is 43.0 Å². The number of sulfonamides is 1. The third-order valence-electron chi connectivity index (χ3n) is 3.08. The molecule has 2 aromatic rings. The van der Waals surface area contributed by atoms with Gasteiger partial charge in [-0.15, -0.1) is 0 Å². The summed E-state index contributed by atoms with van der Waals surface area (Å²) in [7, 11) is -4.03. The third-order valence-corrected chi connectivity index (χ3v) is 4.49. The maximum Gasteiger partial charge on any atom is 0.295 e. The van der Waals surface area contributed by atoms with E-state index in [-0.39, 0.29) is 10.6 Å². The SMILES string of the molecule is C/C(=N/Nc1ccc(S(N)(=O)=O)cc1[N+](=O)[O-])c1cccc(Br)c1. The summed E-state index contributed by atoms with van der Waals surface area (Å²) in [5.74, 6) is 0. The lowest BCUT2D eigenvalue weighted by Crippen LogP contribution is -2.12. The van der Waals surface area contributed by atoms with Crippen LogP contribution in [0.1, 0.15) is 12.5 Å². The fourth-order valence-corrected chi connectivity index (χ4v) is 2.79. The zero-order valence-electron chi connectivity index (χ0n) is 12.4. The number of nitrogens with zero attached hydrogens (tertiary/aromatic N) is 2. The van der Waals surface area contributed by atoms with E-state index in [1.54, 1.807) is 6.92 Å². The highest BCUT2D eigenvalue weighted by molar-refractivity contribution is 9.10. The molecule has 126 valence electrons. The number of hydrogen-bond donors (Lipinski definition) is 2. The van der Waals surface area contributed by atoms with Crippen molar-refractivity contribution in [2.45, 2.75) is 11.8 Å². The lowest BCUT2D eigenvalue weighted by atomic mass is 10.1. The Balaban J connectivity index is 2.36. The van der Waals surface area contributed by atoms with Crippen molar-refractivity contribution in [2.24, 2.45) is 10.2 Å². The Bertz CT molecular complexity index is 928. The average molecular weight is 413 g/mol. The van der Waals surface area contributed by atoms with E-state index in [4.69, 9.17) is 5.14 Å². The maximum absolute atomic E-state index is 11.3. The number of hydrogen-bond acceptors (Lipinski definition) is 6. The number of hydrazone groups is 1. The first-order valence-corrected chi connectivity index (χ1v) is 8.90. The smallest absolute Gasteiger partial charge is 0.271 e. The molecule has 8 nitrogen and oxygen atoms in total. The summed E-state index contributed by atoms with van der Waals surface area (Å²) in [6, 6.07) is 10.7. The van der Waals surface area contributed by atoms with Crippen molar-refractivity contribution in [3.63, 3.8) is 0 Å². The molecule has 0 heterocycles. The summed E-state index contributed by atoms with van der Waals surface area (Å²) in [6.45, 7) is 1.74. The van der Waals surface area contributed by atoms with Crippen LogP contribution in [0, 0.1) is 10.1 Å². The zero-order chi connectivity index (χ0) is 17.9. The Kier molecular flexibility index (Phi) is 5.32. The summed E-state index contributed by atoms with van der Waals surface area (Å²) in [4.78, 5) is 10.1. The van der Waals surface area contributed by atoms with Gasteiger partial charge in [0.25, 0.3) is 5.69 Å². The molecule has 0 amide bonds. The molecular weight excluding hydrogens is 400 g/mol. The van der Waals surface area contributed by atoms with Crippen molar-refractivity contribution in [1.29, 1.82) is 0 Å². The molecule has 10 heteroatoms. The monoisotopic (exact) mass is 412 g/mol. The number of halogens is 1. The molecule has 0 fully saturated rings. The topological polar surface area (TPSA) is 128 Å². The molecule has 0 radical (unpaired) electrons. The average Bonchev–Trinajstić information content (AvgIpc) is 2.51. The van der Waals surface area contributed by atoms with E-state index in [0.717, 1.165) is 16.1 Å². The second-order valence-electron chi connectivity index (χ2n) is 4.80. The molecular formula is C14H13BrN4O4S.